The van der Waals surface area contributed by atoms with E-state index in [9.17, 15) is 4.79 Å². The van der Waals surface area contributed by atoms with E-state index in [4.69, 9.17) is 0 Å². The first-order chi connectivity index (χ1) is 10.5. The first-order valence-corrected chi connectivity index (χ1v) is 9.12. The Bertz CT molecular complexity index is 469. The first-order valence-electron chi connectivity index (χ1n) is 8.07. The number of benzene rings is 1. The Balaban J connectivity index is 1.81. The summed E-state index contributed by atoms with van der Waals surface area (Å²) in [6.07, 6.45) is 2.68. The molecule has 1 aromatic rings. The van der Waals surface area contributed by atoms with Gasteiger partial charge in [-0.3, -0.25) is 0 Å². The Kier molecular flexibility index (Phi) is 6.58. The fraction of sp³-hybridized carbons (Fsp3) is 0.588. The SMILES string of the molecule is CC(C)NC(=O)Nc1ccc([C@@H](C)NC[C@H]2CCCS2)cc1. The highest BCUT2D eigenvalue weighted by Gasteiger charge is 2.16. The molecule has 1 heterocycles. The molecule has 22 heavy (non-hydrogen) atoms. The van der Waals surface area contributed by atoms with Crippen molar-refractivity contribution in [3.63, 3.8) is 0 Å². The molecular formula is C17H27N3OS. The summed E-state index contributed by atoms with van der Waals surface area (Å²) < 4.78 is 0. The van der Waals surface area contributed by atoms with Crippen LogP contribution in [0.5, 0.6) is 0 Å². The molecule has 1 aromatic carbocycles. The summed E-state index contributed by atoms with van der Waals surface area (Å²) >= 11 is 2.08. The van der Waals surface area contributed by atoms with Gasteiger partial charge >= 0.3 is 6.03 Å². The molecule has 1 saturated heterocycles. The number of hydrogen-bond acceptors (Lipinski definition) is 3. The van der Waals surface area contributed by atoms with Gasteiger partial charge in [-0.1, -0.05) is 12.1 Å². The number of anilines is 1. The largest absolute Gasteiger partial charge is 0.336 e. The summed E-state index contributed by atoms with van der Waals surface area (Å²) in [5, 5.41) is 10.0. The van der Waals surface area contributed by atoms with Gasteiger partial charge < -0.3 is 16.0 Å². The second-order valence-corrected chi connectivity index (χ2v) is 7.55. The van der Waals surface area contributed by atoms with Crippen LogP contribution in [-0.2, 0) is 0 Å². The molecule has 1 aliphatic heterocycles. The highest BCUT2D eigenvalue weighted by molar-refractivity contribution is 8.00. The zero-order valence-corrected chi connectivity index (χ0v) is 14.5. The second kappa shape index (κ2) is 8.44. The average Bonchev–Trinajstić information content (AvgIpc) is 2.98. The topological polar surface area (TPSA) is 53.2 Å². The summed E-state index contributed by atoms with van der Waals surface area (Å²) in [5.41, 5.74) is 2.07. The van der Waals surface area contributed by atoms with Crippen LogP contribution in [-0.4, -0.2) is 29.6 Å². The average molecular weight is 321 g/mol. The minimum atomic E-state index is -0.160. The van der Waals surface area contributed by atoms with E-state index < -0.39 is 0 Å². The van der Waals surface area contributed by atoms with E-state index >= 15 is 0 Å². The van der Waals surface area contributed by atoms with Gasteiger partial charge in [0.15, 0.2) is 0 Å². The molecule has 0 aliphatic carbocycles. The number of thioether (sulfide) groups is 1. The summed E-state index contributed by atoms with van der Waals surface area (Å²) in [6, 6.07) is 8.37. The Hall–Kier alpha value is -1.20. The number of rotatable bonds is 6. The predicted molar refractivity (Wildman–Crippen MR) is 95.6 cm³/mol. The highest BCUT2D eigenvalue weighted by atomic mass is 32.2. The van der Waals surface area contributed by atoms with Gasteiger partial charge in [-0.25, -0.2) is 4.79 Å². The van der Waals surface area contributed by atoms with Crippen molar-refractivity contribution >= 4 is 23.5 Å². The van der Waals surface area contributed by atoms with Gasteiger partial charge in [0.25, 0.3) is 0 Å². The van der Waals surface area contributed by atoms with Crippen LogP contribution >= 0.6 is 11.8 Å². The third-order valence-corrected chi connectivity index (χ3v) is 5.16. The maximum Gasteiger partial charge on any atom is 0.319 e. The van der Waals surface area contributed by atoms with Crippen LogP contribution in [0.1, 0.15) is 45.2 Å². The first kappa shape index (κ1) is 17.2. The van der Waals surface area contributed by atoms with Crippen molar-refractivity contribution in [2.45, 2.75) is 50.9 Å². The molecule has 0 bridgehead atoms. The molecule has 0 radical (unpaired) electrons. The minimum Gasteiger partial charge on any atom is -0.336 e. The summed E-state index contributed by atoms with van der Waals surface area (Å²) in [5.74, 6) is 1.31. The van der Waals surface area contributed by atoms with Crippen molar-refractivity contribution < 1.29 is 4.79 Å². The number of hydrogen-bond donors (Lipinski definition) is 3. The van der Waals surface area contributed by atoms with Crippen LogP contribution in [0.25, 0.3) is 0 Å². The van der Waals surface area contributed by atoms with Gasteiger partial charge in [-0.2, -0.15) is 11.8 Å². The standard InChI is InChI=1S/C17H27N3OS/c1-12(2)19-17(21)20-15-8-6-14(7-9-15)13(3)18-11-16-5-4-10-22-16/h6-9,12-13,16,18H,4-5,10-11H2,1-3H3,(H2,19,20,21)/t13-,16-/m1/s1. The number of carbonyl (C=O) groups is 1. The molecule has 0 spiro atoms. The minimum absolute atomic E-state index is 0.136. The van der Waals surface area contributed by atoms with Crippen molar-refractivity contribution in [1.82, 2.24) is 10.6 Å². The number of amides is 2. The predicted octanol–water partition coefficient (Wildman–Crippen LogP) is 3.76. The lowest BCUT2D eigenvalue weighted by Crippen LogP contribution is -2.34. The monoisotopic (exact) mass is 321 g/mol. The van der Waals surface area contributed by atoms with Crippen molar-refractivity contribution in [2.24, 2.45) is 0 Å². The van der Waals surface area contributed by atoms with E-state index in [1.54, 1.807) is 0 Å². The quantitative estimate of drug-likeness (QED) is 0.748. The van der Waals surface area contributed by atoms with Crippen LogP contribution < -0.4 is 16.0 Å². The van der Waals surface area contributed by atoms with Gasteiger partial charge in [0.05, 0.1) is 0 Å². The summed E-state index contributed by atoms with van der Waals surface area (Å²) in [4.78, 5) is 11.7. The number of urea groups is 1. The van der Waals surface area contributed by atoms with Crippen molar-refractivity contribution in [3.05, 3.63) is 29.8 Å². The van der Waals surface area contributed by atoms with Crippen LogP contribution in [0.15, 0.2) is 24.3 Å². The van der Waals surface area contributed by atoms with Gasteiger partial charge in [0.2, 0.25) is 0 Å². The van der Waals surface area contributed by atoms with E-state index in [0.29, 0.717) is 6.04 Å². The Labute approximate surface area is 137 Å². The van der Waals surface area contributed by atoms with Crippen LogP contribution in [0, 0.1) is 0 Å². The van der Waals surface area contributed by atoms with Gasteiger partial charge in [0, 0.05) is 29.6 Å². The van der Waals surface area contributed by atoms with Crippen LogP contribution in [0.3, 0.4) is 0 Å². The molecule has 1 fully saturated rings. The molecule has 0 saturated carbocycles. The number of nitrogens with one attached hydrogen (secondary N) is 3. The third-order valence-electron chi connectivity index (χ3n) is 3.76. The van der Waals surface area contributed by atoms with E-state index in [1.807, 2.05) is 26.0 Å². The van der Waals surface area contributed by atoms with Crippen LogP contribution in [0.2, 0.25) is 0 Å². The Morgan fingerprint density at radius 2 is 2.00 bits per heavy atom. The van der Waals surface area contributed by atoms with Gasteiger partial charge in [0.1, 0.15) is 0 Å². The maximum absolute atomic E-state index is 11.7. The maximum atomic E-state index is 11.7. The molecule has 3 N–H and O–H groups in total. The second-order valence-electron chi connectivity index (χ2n) is 6.14. The van der Waals surface area contributed by atoms with Crippen molar-refractivity contribution in [2.75, 3.05) is 17.6 Å². The smallest absolute Gasteiger partial charge is 0.319 e. The van der Waals surface area contributed by atoms with E-state index in [2.05, 4.69) is 46.8 Å². The fourth-order valence-corrected chi connectivity index (χ4v) is 3.73. The molecule has 2 atom stereocenters. The lowest BCUT2D eigenvalue weighted by molar-refractivity contribution is 0.250. The Morgan fingerprint density at radius 3 is 2.59 bits per heavy atom. The normalized spacial score (nSPS) is 19.2. The highest BCUT2D eigenvalue weighted by Crippen LogP contribution is 2.26. The summed E-state index contributed by atoms with van der Waals surface area (Å²) in [6.45, 7) is 7.15. The van der Waals surface area contributed by atoms with Gasteiger partial charge in [-0.15, -0.1) is 0 Å². The summed E-state index contributed by atoms with van der Waals surface area (Å²) in [7, 11) is 0. The zero-order valence-electron chi connectivity index (χ0n) is 13.7. The van der Waals surface area contributed by atoms with Gasteiger partial charge in [-0.05, 0) is 57.1 Å². The fourth-order valence-electron chi connectivity index (χ4n) is 2.52. The van der Waals surface area contributed by atoms with E-state index in [-0.39, 0.29) is 12.1 Å². The Morgan fingerprint density at radius 1 is 1.27 bits per heavy atom. The molecule has 122 valence electrons. The molecule has 5 heteroatoms. The van der Waals surface area contributed by atoms with E-state index in [0.717, 1.165) is 17.5 Å². The molecule has 2 rings (SSSR count). The molecule has 1 aliphatic rings. The molecule has 0 unspecified atom stereocenters. The molecule has 0 aromatic heterocycles. The molecular weight excluding hydrogens is 294 g/mol. The molecule has 4 nitrogen and oxygen atoms in total. The lowest BCUT2D eigenvalue weighted by atomic mass is 10.1. The van der Waals surface area contributed by atoms with Crippen molar-refractivity contribution in [1.29, 1.82) is 0 Å². The third kappa shape index (κ3) is 5.54. The van der Waals surface area contributed by atoms with Crippen molar-refractivity contribution in [3.8, 4) is 0 Å². The van der Waals surface area contributed by atoms with Crippen LogP contribution in [0.4, 0.5) is 10.5 Å². The molecule has 2 amide bonds. The van der Waals surface area contributed by atoms with E-state index in [1.165, 1.54) is 24.2 Å². The lowest BCUT2D eigenvalue weighted by Gasteiger charge is -2.17. The zero-order chi connectivity index (χ0) is 15.9. The number of carbonyl (C=O) groups excluding carboxylic acids is 1.